The van der Waals surface area contributed by atoms with Gasteiger partial charge in [0.15, 0.2) is 0 Å². The largest absolute Gasteiger partial charge is 0.379 e. The van der Waals surface area contributed by atoms with Crippen molar-refractivity contribution < 1.29 is 9.53 Å². The Morgan fingerprint density at radius 3 is 3.16 bits per heavy atom. The third-order valence-corrected chi connectivity index (χ3v) is 5.20. The molecule has 6 heteroatoms. The topological polar surface area (TPSA) is 41.6 Å². The van der Waals surface area contributed by atoms with Crippen molar-refractivity contribution >= 4 is 33.2 Å². The number of ether oxygens (including phenoxy) is 1. The molecule has 1 aliphatic rings. The van der Waals surface area contributed by atoms with Crippen LogP contribution in [0.3, 0.4) is 0 Å². The Morgan fingerprint density at radius 2 is 2.53 bits per heavy atom. The lowest BCUT2D eigenvalue weighted by atomic mass is 10.2. The molecular weight excluding hydrogens is 328 g/mol. The minimum absolute atomic E-state index is 0.00497. The molecule has 0 spiro atoms. The molecule has 2 rings (SSSR count). The maximum Gasteiger partial charge on any atom is 0.262 e. The summed E-state index contributed by atoms with van der Waals surface area (Å²) in [6.07, 6.45) is 0. The molecule has 0 aliphatic carbocycles. The van der Waals surface area contributed by atoms with E-state index in [1.165, 1.54) is 11.3 Å². The van der Waals surface area contributed by atoms with E-state index in [4.69, 9.17) is 4.74 Å². The Labute approximate surface area is 126 Å². The fraction of sp³-hybridized carbons (Fsp3) is 0.615. The Kier molecular flexibility index (Phi) is 5.38. The molecule has 1 aromatic rings. The fourth-order valence-corrected chi connectivity index (χ4v) is 3.76. The molecule has 0 radical (unpaired) electrons. The lowest BCUT2D eigenvalue weighted by Gasteiger charge is -2.37. The number of carbonyl (C=O) groups is 1. The van der Waals surface area contributed by atoms with E-state index in [0.717, 1.165) is 29.1 Å². The van der Waals surface area contributed by atoms with Gasteiger partial charge in [-0.1, -0.05) is 0 Å². The molecule has 1 aromatic heterocycles. The molecule has 1 saturated heterocycles. The first-order chi connectivity index (χ1) is 9.09. The third-order valence-electron chi connectivity index (χ3n) is 3.37. The predicted molar refractivity (Wildman–Crippen MR) is 80.8 cm³/mol. The lowest BCUT2D eigenvalue weighted by Crippen LogP contribution is -2.51. The summed E-state index contributed by atoms with van der Waals surface area (Å²) in [4.78, 5) is 15.1. The standard InChI is InChI=1S/C13H19BrN2O2S/c1-9(16-4-5-18-8-10(16)2)7-15-13(17)12-11(14)3-6-19-12/h3,6,9-10H,4-5,7-8H2,1-2H3,(H,15,17)/t9-,10+/m1/s1. The average molecular weight is 347 g/mol. The van der Waals surface area contributed by atoms with E-state index < -0.39 is 0 Å². The minimum atomic E-state index is -0.00497. The zero-order chi connectivity index (χ0) is 13.8. The summed E-state index contributed by atoms with van der Waals surface area (Å²) in [5.41, 5.74) is 0. The van der Waals surface area contributed by atoms with Gasteiger partial charge in [-0.05, 0) is 41.2 Å². The number of nitrogens with zero attached hydrogens (tertiary/aromatic N) is 1. The van der Waals surface area contributed by atoms with Crippen LogP contribution in [0.5, 0.6) is 0 Å². The number of thiophene rings is 1. The zero-order valence-electron chi connectivity index (χ0n) is 11.2. The van der Waals surface area contributed by atoms with Gasteiger partial charge in [0, 0.05) is 29.6 Å². The maximum absolute atomic E-state index is 12.0. The first-order valence-electron chi connectivity index (χ1n) is 6.44. The summed E-state index contributed by atoms with van der Waals surface area (Å²) in [6, 6.07) is 2.63. The van der Waals surface area contributed by atoms with Crippen LogP contribution in [0.25, 0.3) is 0 Å². The van der Waals surface area contributed by atoms with Crippen LogP contribution in [0.15, 0.2) is 15.9 Å². The van der Waals surface area contributed by atoms with E-state index in [0.29, 0.717) is 18.6 Å². The van der Waals surface area contributed by atoms with Crippen molar-refractivity contribution in [2.75, 3.05) is 26.3 Å². The molecule has 106 valence electrons. The second kappa shape index (κ2) is 6.83. The molecule has 1 N–H and O–H groups in total. The van der Waals surface area contributed by atoms with Gasteiger partial charge in [0.1, 0.15) is 4.88 Å². The molecular formula is C13H19BrN2O2S. The van der Waals surface area contributed by atoms with Crippen molar-refractivity contribution in [2.45, 2.75) is 25.9 Å². The van der Waals surface area contributed by atoms with Crippen molar-refractivity contribution in [1.29, 1.82) is 0 Å². The molecule has 1 amide bonds. The quantitative estimate of drug-likeness (QED) is 0.909. The van der Waals surface area contributed by atoms with E-state index in [9.17, 15) is 4.79 Å². The summed E-state index contributed by atoms with van der Waals surface area (Å²) >= 11 is 4.84. The molecule has 19 heavy (non-hydrogen) atoms. The second-order valence-electron chi connectivity index (χ2n) is 4.82. The number of halogens is 1. The molecule has 0 bridgehead atoms. The number of rotatable bonds is 4. The molecule has 0 saturated carbocycles. The van der Waals surface area contributed by atoms with Crippen LogP contribution < -0.4 is 5.32 Å². The van der Waals surface area contributed by atoms with Gasteiger partial charge in [-0.2, -0.15) is 0 Å². The van der Waals surface area contributed by atoms with Crippen LogP contribution in [-0.4, -0.2) is 49.2 Å². The Hall–Kier alpha value is -0.430. The van der Waals surface area contributed by atoms with Crippen molar-refractivity contribution in [2.24, 2.45) is 0 Å². The van der Waals surface area contributed by atoms with Crippen molar-refractivity contribution in [1.82, 2.24) is 10.2 Å². The summed E-state index contributed by atoms with van der Waals surface area (Å²) in [7, 11) is 0. The second-order valence-corrected chi connectivity index (χ2v) is 6.59. The summed E-state index contributed by atoms with van der Waals surface area (Å²) < 4.78 is 6.29. The van der Waals surface area contributed by atoms with E-state index in [1.807, 2.05) is 11.4 Å². The Balaban J connectivity index is 1.84. The highest BCUT2D eigenvalue weighted by Crippen LogP contribution is 2.22. The van der Waals surface area contributed by atoms with Crippen molar-refractivity contribution in [3.8, 4) is 0 Å². The van der Waals surface area contributed by atoms with Gasteiger partial charge in [-0.3, -0.25) is 9.69 Å². The average Bonchev–Trinajstić information content (AvgIpc) is 2.82. The van der Waals surface area contributed by atoms with E-state index >= 15 is 0 Å². The number of nitrogens with one attached hydrogen (secondary N) is 1. The SMILES string of the molecule is C[C@H](CNC(=O)c1sccc1Br)N1CCOC[C@@H]1C. The molecule has 2 atom stereocenters. The van der Waals surface area contributed by atoms with Crippen LogP contribution >= 0.6 is 27.3 Å². The molecule has 1 aliphatic heterocycles. The molecule has 4 nitrogen and oxygen atoms in total. The van der Waals surface area contributed by atoms with Gasteiger partial charge in [-0.25, -0.2) is 0 Å². The van der Waals surface area contributed by atoms with Gasteiger partial charge in [0.2, 0.25) is 0 Å². The number of amides is 1. The van der Waals surface area contributed by atoms with Gasteiger partial charge >= 0.3 is 0 Å². The Bertz CT molecular complexity index is 438. The van der Waals surface area contributed by atoms with E-state index in [2.05, 4.69) is 40.0 Å². The zero-order valence-corrected chi connectivity index (χ0v) is 13.6. The normalized spacial score (nSPS) is 22.2. The maximum atomic E-state index is 12.0. The predicted octanol–water partition coefficient (Wildman–Crippen LogP) is 2.35. The molecule has 0 unspecified atom stereocenters. The lowest BCUT2D eigenvalue weighted by molar-refractivity contribution is -0.0178. The minimum Gasteiger partial charge on any atom is -0.379 e. The molecule has 2 heterocycles. The van der Waals surface area contributed by atoms with Crippen molar-refractivity contribution in [3.63, 3.8) is 0 Å². The van der Waals surface area contributed by atoms with Crippen LogP contribution in [0.2, 0.25) is 0 Å². The monoisotopic (exact) mass is 346 g/mol. The highest BCUT2D eigenvalue weighted by atomic mass is 79.9. The Morgan fingerprint density at radius 1 is 1.74 bits per heavy atom. The highest BCUT2D eigenvalue weighted by molar-refractivity contribution is 9.10. The number of carbonyl (C=O) groups excluding carboxylic acids is 1. The molecule has 1 fully saturated rings. The number of hydrogen-bond donors (Lipinski definition) is 1. The van der Waals surface area contributed by atoms with Gasteiger partial charge < -0.3 is 10.1 Å². The van der Waals surface area contributed by atoms with Crippen LogP contribution in [0, 0.1) is 0 Å². The first-order valence-corrected chi connectivity index (χ1v) is 8.11. The highest BCUT2D eigenvalue weighted by Gasteiger charge is 2.24. The first kappa shape index (κ1) is 15.0. The van der Waals surface area contributed by atoms with Crippen molar-refractivity contribution in [3.05, 3.63) is 20.8 Å². The van der Waals surface area contributed by atoms with Gasteiger partial charge in [-0.15, -0.1) is 11.3 Å². The number of morpholine rings is 1. The summed E-state index contributed by atoms with van der Waals surface area (Å²) in [6.45, 7) is 7.45. The van der Waals surface area contributed by atoms with Crippen LogP contribution in [-0.2, 0) is 4.74 Å². The van der Waals surface area contributed by atoms with Gasteiger partial charge in [0.25, 0.3) is 5.91 Å². The van der Waals surface area contributed by atoms with Gasteiger partial charge in [0.05, 0.1) is 13.2 Å². The van der Waals surface area contributed by atoms with E-state index in [-0.39, 0.29) is 5.91 Å². The van der Waals surface area contributed by atoms with Crippen LogP contribution in [0.1, 0.15) is 23.5 Å². The number of hydrogen-bond acceptors (Lipinski definition) is 4. The molecule has 0 aromatic carbocycles. The van der Waals surface area contributed by atoms with Crippen LogP contribution in [0.4, 0.5) is 0 Å². The van der Waals surface area contributed by atoms with E-state index in [1.54, 1.807) is 0 Å². The third kappa shape index (κ3) is 3.78. The summed E-state index contributed by atoms with van der Waals surface area (Å²) in [5.74, 6) is -0.00497. The summed E-state index contributed by atoms with van der Waals surface area (Å²) in [5, 5.41) is 4.91. The smallest absolute Gasteiger partial charge is 0.262 e. The fourth-order valence-electron chi connectivity index (χ4n) is 2.29.